The fourth-order valence-electron chi connectivity index (χ4n) is 2.64. The normalized spacial score (nSPS) is 11.0. The maximum atomic E-state index is 12.3. The Balaban J connectivity index is 1.80. The Morgan fingerprint density at radius 3 is 2.70 bits per heavy atom. The minimum atomic E-state index is -2.99. The number of hydrogen-bond acceptors (Lipinski definition) is 5. The van der Waals surface area contributed by atoms with Crippen LogP contribution in [-0.2, 0) is 17.8 Å². The largest absolute Gasteiger partial charge is 0.457 e. The van der Waals surface area contributed by atoms with E-state index in [1.807, 2.05) is 13.0 Å². The van der Waals surface area contributed by atoms with E-state index in [2.05, 4.69) is 4.74 Å². The number of ether oxygens (including phenoxy) is 2. The zero-order chi connectivity index (χ0) is 19.4. The van der Waals surface area contributed by atoms with E-state index in [0.29, 0.717) is 16.5 Å². The van der Waals surface area contributed by atoms with Gasteiger partial charge in [-0.25, -0.2) is 9.59 Å². The predicted molar refractivity (Wildman–Crippen MR) is 94.1 cm³/mol. The Kier molecular flexibility index (Phi) is 5.49. The molecule has 5 nitrogen and oxygen atoms in total. The lowest BCUT2D eigenvalue weighted by molar-refractivity contribution is -0.0499. The molecule has 0 fully saturated rings. The number of hydrogen-bond donors (Lipinski definition) is 0. The summed E-state index contributed by atoms with van der Waals surface area (Å²) < 4.78 is 39.3. The van der Waals surface area contributed by atoms with Crippen LogP contribution in [0, 0.1) is 0 Å². The van der Waals surface area contributed by atoms with Crippen LogP contribution in [0.4, 0.5) is 8.78 Å². The van der Waals surface area contributed by atoms with E-state index in [4.69, 9.17) is 9.15 Å². The van der Waals surface area contributed by atoms with Crippen molar-refractivity contribution < 1.29 is 27.5 Å². The summed E-state index contributed by atoms with van der Waals surface area (Å²) in [7, 11) is 0. The van der Waals surface area contributed by atoms with Gasteiger partial charge in [-0.05, 0) is 36.2 Å². The molecule has 27 heavy (non-hydrogen) atoms. The molecule has 0 saturated heterocycles. The standard InChI is InChI=1S/C20H16F2O5/c1-2-12-6-7-16-14(10-18(23)27-17(16)8-12)11-25-19(24)13-4-3-5-15(9-13)26-20(21)22/h3-10,20H,2,11H2,1H3. The first-order chi connectivity index (χ1) is 13.0. The summed E-state index contributed by atoms with van der Waals surface area (Å²) in [4.78, 5) is 24.0. The summed E-state index contributed by atoms with van der Waals surface area (Å²) in [6, 6.07) is 12.0. The van der Waals surface area contributed by atoms with Crippen molar-refractivity contribution in [3.63, 3.8) is 0 Å². The predicted octanol–water partition coefficient (Wildman–Crippen LogP) is 4.31. The number of rotatable bonds is 6. The van der Waals surface area contributed by atoms with Gasteiger partial charge in [0, 0.05) is 17.0 Å². The molecular weight excluding hydrogens is 358 g/mol. The SMILES string of the molecule is CCc1ccc2c(COC(=O)c3cccc(OC(F)F)c3)cc(=O)oc2c1. The molecule has 1 aromatic heterocycles. The molecule has 0 spiro atoms. The lowest BCUT2D eigenvalue weighted by atomic mass is 10.1. The molecule has 0 aliphatic rings. The van der Waals surface area contributed by atoms with Crippen molar-refractivity contribution >= 4 is 16.9 Å². The van der Waals surface area contributed by atoms with Crippen LogP contribution in [0.25, 0.3) is 11.0 Å². The Morgan fingerprint density at radius 2 is 1.96 bits per heavy atom. The molecule has 7 heteroatoms. The zero-order valence-electron chi connectivity index (χ0n) is 14.4. The van der Waals surface area contributed by atoms with Gasteiger partial charge in [-0.3, -0.25) is 0 Å². The quantitative estimate of drug-likeness (QED) is 0.475. The van der Waals surface area contributed by atoms with Gasteiger partial charge in [-0.1, -0.05) is 25.1 Å². The number of esters is 1. The first kappa shape index (κ1) is 18.6. The van der Waals surface area contributed by atoms with Crippen molar-refractivity contribution in [1.82, 2.24) is 0 Å². The third kappa shape index (κ3) is 4.49. The minimum Gasteiger partial charge on any atom is -0.457 e. The second kappa shape index (κ2) is 7.99. The van der Waals surface area contributed by atoms with E-state index < -0.39 is 18.2 Å². The summed E-state index contributed by atoms with van der Waals surface area (Å²) in [5, 5.41) is 0.661. The van der Waals surface area contributed by atoms with Gasteiger partial charge in [-0.2, -0.15) is 8.78 Å². The number of aryl methyl sites for hydroxylation is 1. The fourth-order valence-corrected chi connectivity index (χ4v) is 2.64. The molecule has 0 amide bonds. The third-order valence-electron chi connectivity index (χ3n) is 3.96. The molecule has 3 aromatic rings. The van der Waals surface area contributed by atoms with E-state index >= 15 is 0 Å². The average Bonchev–Trinajstić information content (AvgIpc) is 2.64. The molecule has 2 aromatic carbocycles. The van der Waals surface area contributed by atoms with E-state index in [1.54, 1.807) is 12.1 Å². The molecule has 0 N–H and O–H groups in total. The zero-order valence-corrected chi connectivity index (χ0v) is 14.4. The van der Waals surface area contributed by atoms with Gasteiger partial charge in [0.15, 0.2) is 0 Å². The summed E-state index contributed by atoms with van der Waals surface area (Å²) in [5.41, 5.74) is 1.44. The second-order valence-corrected chi connectivity index (χ2v) is 5.76. The number of benzene rings is 2. The smallest absolute Gasteiger partial charge is 0.387 e. The summed E-state index contributed by atoms with van der Waals surface area (Å²) >= 11 is 0. The van der Waals surface area contributed by atoms with Crippen LogP contribution in [0.3, 0.4) is 0 Å². The lowest BCUT2D eigenvalue weighted by Crippen LogP contribution is -2.09. The first-order valence-electron chi connectivity index (χ1n) is 8.24. The Labute approximate surface area is 153 Å². The number of alkyl halides is 2. The van der Waals surface area contributed by atoms with Crippen molar-refractivity contribution in [3.8, 4) is 5.75 Å². The van der Waals surface area contributed by atoms with Crippen molar-refractivity contribution in [2.45, 2.75) is 26.6 Å². The minimum absolute atomic E-state index is 0.0636. The van der Waals surface area contributed by atoms with E-state index in [1.165, 1.54) is 30.3 Å². The third-order valence-corrected chi connectivity index (χ3v) is 3.96. The van der Waals surface area contributed by atoms with Gasteiger partial charge in [0.2, 0.25) is 0 Å². The van der Waals surface area contributed by atoms with Crippen molar-refractivity contribution in [3.05, 3.63) is 75.6 Å². The topological polar surface area (TPSA) is 65.7 Å². The van der Waals surface area contributed by atoms with Crippen LogP contribution in [0.2, 0.25) is 0 Å². The van der Waals surface area contributed by atoms with Crippen LogP contribution in [0.5, 0.6) is 5.75 Å². The summed E-state index contributed by atoms with van der Waals surface area (Å²) in [6.07, 6.45) is 0.788. The molecule has 0 saturated carbocycles. The van der Waals surface area contributed by atoms with E-state index in [0.717, 1.165) is 12.0 Å². The molecule has 0 aliphatic heterocycles. The molecule has 1 heterocycles. The Hall–Kier alpha value is -3.22. The van der Waals surface area contributed by atoms with Crippen molar-refractivity contribution in [2.75, 3.05) is 0 Å². The number of carbonyl (C=O) groups is 1. The van der Waals surface area contributed by atoms with E-state index in [9.17, 15) is 18.4 Å². The van der Waals surface area contributed by atoms with Crippen LogP contribution in [0.15, 0.2) is 57.7 Å². The highest BCUT2D eigenvalue weighted by Crippen LogP contribution is 2.21. The first-order valence-corrected chi connectivity index (χ1v) is 8.24. The van der Waals surface area contributed by atoms with Gasteiger partial charge < -0.3 is 13.9 Å². The number of halogens is 2. The average molecular weight is 374 g/mol. The number of carbonyl (C=O) groups excluding carboxylic acids is 1. The van der Waals surface area contributed by atoms with Gasteiger partial charge in [-0.15, -0.1) is 0 Å². The van der Waals surface area contributed by atoms with Crippen LogP contribution in [0.1, 0.15) is 28.4 Å². The molecule has 0 aliphatic carbocycles. The van der Waals surface area contributed by atoms with Gasteiger partial charge in [0.05, 0.1) is 5.56 Å². The van der Waals surface area contributed by atoms with Gasteiger partial charge in [0.25, 0.3) is 0 Å². The Bertz CT molecular complexity index is 1030. The molecule has 0 atom stereocenters. The highest BCUT2D eigenvalue weighted by molar-refractivity contribution is 5.90. The fraction of sp³-hybridized carbons (Fsp3) is 0.200. The monoisotopic (exact) mass is 374 g/mol. The highest BCUT2D eigenvalue weighted by Gasteiger charge is 2.13. The maximum Gasteiger partial charge on any atom is 0.387 e. The highest BCUT2D eigenvalue weighted by atomic mass is 19.3. The van der Waals surface area contributed by atoms with Crippen molar-refractivity contribution in [2.24, 2.45) is 0 Å². The van der Waals surface area contributed by atoms with Crippen LogP contribution in [-0.4, -0.2) is 12.6 Å². The summed E-state index contributed by atoms with van der Waals surface area (Å²) in [6.45, 7) is -1.16. The molecule has 140 valence electrons. The van der Waals surface area contributed by atoms with Crippen molar-refractivity contribution in [1.29, 1.82) is 0 Å². The molecule has 0 unspecified atom stereocenters. The van der Waals surface area contributed by atoms with E-state index in [-0.39, 0.29) is 17.9 Å². The van der Waals surface area contributed by atoms with Gasteiger partial charge in [0.1, 0.15) is 17.9 Å². The number of fused-ring (bicyclic) bond motifs is 1. The van der Waals surface area contributed by atoms with Gasteiger partial charge >= 0.3 is 18.2 Å². The summed E-state index contributed by atoms with van der Waals surface area (Å²) in [5.74, 6) is -0.862. The lowest BCUT2D eigenvalue weighted by Gasteiger charge is -2.09. The second-order valence-electron chi connectivity index (χ2n) is 5.76. The van der Waals surface area contributed by atoms with Crippen LogP contribution < -0.4 is 10.4 Å². The molecule has 0 radical (unpaired) electrons. The molecule has 0 bridgehead atoms. The molecule has 3 rings (SSSR count). The van der Waals surface area contributed by atoms with Crippen LogP contribution >= 0.6 is 0 Å². The Morgan fingerprint density at radius 1 is 1.15 bits per heavy atom. The molecular formula is C20H16F2O5. The maximum absolute atomic E-state index is 12.3.